The molecule has 0 bridgehead atoms. The van der Waals surface area contributed by atoms with Crippen LogP contribution in [0.1, 0.15) is 57.4 Å². The number of carbonyl (C=O) groups excluding carboxylic acids is 2. The molecule has 9 nitrogen and oxygen atoms in total. The highest BCUT2D eigenvalue weighted by Crippen LogP contribution is 2.35. The van der Waals surface area contributed by atoms with E-state index in [0.29, 0.717) is 25.7 Å². The van der Waals surface area contributed by atoms with Crippen LogP contribution >= 0.6 is 11.3 Å². The van der Waals surface area contributed by atoms with Crippen LogP contribution in [0.4, 0.5) is 9.59 Å². The Hall–Kier alpha value is -3.37. The quantitative estimate of drug-likeness (QED) is 0.407. The summed E-state index contributed by atoms with van der Waals surface area (Å²) in [5.74, 6) is 0. The van der Waals surface area contributed by atoms with Gasteiger partial charge in [-0.3, -0.25) is 4.90 Å². The Bertz CT molecular complexity index is 1460. The van der Waals surface area contributed by atoms with Crippen molar-refractivity contribution < 1.29 is 14.3 Å². The average Bonchev–Trinajstić information content (AvgIpc) is 3.45. The van der Waals surface area contributed by atoms with Gasteiger partial charge in [-0.15, -0.1) is 11.3 Å². The maximum atomic E-state index is 12.6. The molecule has 2 N–H and O–H groups in total. The number of nitrogens with one attached hydrogen (secondary N) is 2. The summed E-state index contributed by atoms with van der Waals surface area (Å²) in [4.78, 5) is 41.7. The van der Waals surface area contributed by atoms with Crippen molar-refractivity contribution in [2.24, 2.45) is 0 Å². The lowest BCUT2D eigenvalue weighted by atomic mass is 9.96. The van der Waals surface area contributed by atoms with E-state index in [-0.39, 0.29) is 18.2 Å². The first-order valence-electron chi connectivity index (χ1n) is 14.7. The van der Waals surface area contributed by atoms with Crippen LogP contribution in [-0.4, -0.2) is 87.2 Å². The summed E-state index contributed by atoms with van der Waals surface area (Å²) in [5, 5.41) is 4.23. The number of pyridine rings is 1. The number of rotatable bonds is 5. The summed E-state index contributed by atoms with van der Waals surface area (Å²) in [6, 6.07) is 7.09. The number of amides is 3. The second-order valence-electron chi connectivity index (χ2n) is 12.4. The molecule has 1 saturated carbocycles. The molecule has 10 heteroatoms. The molecule has 1 unspecified atom stereocenters. The van der Waals surface area contributed by atoms with E-state index in [1.807, 2.05) is 31.9 Å². The van der Waals surface area contributed by atoms with Crippen molar-refractivity contribution in [2.75, 3.05) is 32.7 Å². The van der Waals surface area contributed by atoms with Crippen molar-refractivity contribution in [1.29, 1.82) is 0 Å². The highest BCUT2D eigenvalue weighted by atomic mass is 32.1. The number of hydrogen-bond acceptors (Lipinski definition) is 6. The van der Waals surface area contributed by atoms with Gasteiger partial charge in [-0.25, -0.2) is 14.6 Å². The number of fused-ring (bicyclic) bond motifs is 1. The molecule has 218 valence electrons. The molecule has 0 spiro atoms. The maximum Gasteiger partial charge on any atom is 0.410 e. The minimum absolute atomic E-state index is 0.0458. The second kappa shape index (κ2) is 11.1. The van der Waals surface area contributed by atoms with Crippen LogP contribution < -0.4 is 5.32 Å². The first-order chi connectivity index (χ1) is 19.6. The lowest BCUT2D eigenvalue weighted by Gasteiger charge is -2.35. The fourth-order valence-electron chi connectivity index (χ4n) is 5.56. The summed E-state index contributed by atoms with van der Waals surface area (Å²) in [6.07, 6.45) is 9.01. The standard InChI is InChI=1S/C31H40N6O3S/c1-20-15-21(9-10-37(20)29(38)34-23-5-6-23)26-18-33-28-25(26)16-22(17-32-28)27-8-7-24(41-27)19-35-11-13-36(14-12-35)30(39)40-31(2,3)4/h7-8,15-18,20,23H,5-6,9-14,19H2,1-4H3,(H,32,33)(H,34,38). The van der Waals surface area contributed by atoms with Gasteiger partial charge in [0.15, 0.2) is 0 Å². The van der Waals surface area contributed by atoms with Crippen LogP contribution in [0.2, 0.25) is 0 Å². The molecule has 1 saturated heterocycles. The van der Waals surface area contributed by atoms with E-state index in [1.165, 1.54) is 20.9 Å². The molecule has 2 fully saturated rings. The van der Waals surface area contributed by atoms with Crippen LogP contribution in [-0.2, 0) is 11.3 Å². The lowest BCUT2D eigenvalue weighted by Crippen LogP contribution is -2.49. The molecule has 6 rings (SSSR count). The third-order valence-electron chi connectivity index (χ3n) is 7.95. The van der Waals surface area contributed by atoms with Crippen molar-refractivity contribution >= 4 is 40.1 Å². The van der Waals surface area contributed by atoms with Crippen molar-refractivity contribution in [3.8, 4) is 10.4 Å². The zero-order chi connectivity index (χ0) is 28.7. The molecule has 41 heavy (non-hydrogen) atoms. The predicted molar refractivity (Wildman–Crippen MR) is 163 cm³/mol. The first-order valence-corrected chi connectivity index (χ1v) is 15.5. The van der Waals surface area contributed by atoms with E-state index in [4.69, 9.17) is 9.72 Å². The zero-order valence-electron chi connectivity index (χ0n) is 24.4. The summed E-state index contributed by atoms with van der Waals surface area (Å²) < 4.78 is 5.53. The molecular weight excluding hydrogens is 536 g/mol. The molecule has 3 aromatic heterocycles. The number of aromatic amines is 1. The van der Waals surface area contributed by atoms with Gasteiger partial charge in [0.1, 0.15) is 11.2 Å². The van der Waals surface area contributed by atoms with Gasteiger partial charge in [0.25, 0.3) is 0 Å². The SMILES string of the molecule is CC1C=C(c2c[nH]c3ncc(-c4ccc(CN5CCN(C(=O)OC(C)(C)C)CC5)s4)cc23)CCN1C(=O)NC1CC1. The first kappa shape index (κ1) is 27.8. The van der Waals surface area contributed by atoms with Crippen LogP contribution in [0.5, 0.6) is 0 Å². The van der Waals surface area contributed by atoms with E-state index in [1.54, 1.807) is 16.2 Å². The highest BCUT2D eigenvalue weighted by molar-refractivity contribution is 7.15. The van der Waals surface area contributed by atoms with E-state index >= 15 is 0 Å². The van der Waals surface area contributed by atoms with Crippen LogP contribution in [0.25, 0.3) is 27.0 Å². The van der Waals surface area contributed by atoms with Crippen molar-refractivity contribution in [3.05, 3.63) is 47.1 Å². The number of aromatic nitrogens is 2. The fourth-order valence-corrected chi connectivity index (χ4v) is 6.59. The smallest absolute Gasteiger partial charge is 0.410 e. The maximum absolute atomic E-state index is 12.6. The van der Waals surface area contributed by atoms with Gasteiger partial charge in [-0.2, -0.15) is 0 Å². The van der Waals surface area contributed by atoms with E-state index in [0.717, 1.165) is 55.5 Å². The summed E-state index contributed by atoms with van der Waals surface area (Å²) in [7, 11) is 0. The van der Waals surface area contributed by atoms with Gasteiger partial charge < -0.3 is 24.8 Å². The van der Waals surface area contributed by atoms with Crippen molar-refractivity contribution in [2.45, 2.75) is 71.2 Å². The molecule has 3 aliphatic rings. The van der Waals surface area contributed by atoms with E-state index in [9.17, 15) is 9.59 Å². The molecule has 0 radical (unpaired) electrons. The number of ether oxygens (including phenoxy) is 1. The number of carbonyl (C=O) groups is 2. The van der Waals surface area contributed by atoms with Crippen LogP contribution in [0.15, 0.2) is 36.7 Å². The Kier molecular flexibility index (Phi) is 7.54. The Morgan fingerprint density at radius 3 is 2.63 bits per heavy atom. The average molecular weight is 577 g/mol. The number of H-pyrrole nitrogens is 1. The predicted octanol–water partition coefficient (Wildman–Crippen LogP) is 5.69. The van der Waals surface area contributed by atoms with Gasteiger partial charge in [-0.05, 0) is 70.7 Å². The lowest BCUT2D eigenvalue weighted by molar-refractivity contribution is 0.0139. The van der Waals surface area contributed by atoms with Crippen LogP contribution in [0, 0.1) is 0 Å². The van der Waals surface area contributed by atoms with E-state index in [2.05, 4.69) is 52.6 Å². The number of thiophene rings is 1. The minimum Gasteiger partial charge on any atom is -0.444 e. The molecule has 1 aliphatic carbocycles. The minimum atomic E-state index is -0.471. The topological polar surface area (TPSA) is 93.8 Å². The number of nitrogens with zero attached hydrogens (tertiary/aromatic N) is 4. The second-order valence-corrected chi connectivity index (χ2v) is 13.6. The van der Waals surface area contributed by atoms with Gasteiger partial charge >= 0.3 is 12.1 Å². The monoisotopic (exact) mass is 576 g/mol. The molecule has 1 atom stereocenters. The summed E-state index contributed by atoms with van der Waals surface area (Å²) in [5.41, 5.74) is 3.95. The molecule has 0 aromatic carbocycles. The largest absolute Gasteiger partial charge is 0.444 e. The number of urea groups is 1. The van der Waals surface area contributed by atoms with Gasteiger partial charge in [0, 0.05) is 90.0 Å². The Morgan fingerprint density at radius 1 is 1.15 bits per heavy atom. The van der Waals surface area contributed by atoms with Gasteiger partial charge in [0.2, 0.25) is 0 Å². The zero-order valence-corrected chi connectivity index (χ0v) is 25.2. The van der Waals surface area contributed by atoms with E-state index < -0.39 is 5.60 Å². The normalized spacial score (nSPS) is 20.3. The molecular formula is C31H40N6O3S. The van der Waals surface area contributed by atoms with Crippen molar-refractivity contribution in [1.82, 2.24) is 30.0 Å². The molecule has 5 heterocycles. The molecule has 3 aromatic rings. The Balaban J connectivity index is 1.11. The molecule has 2 aliphatic heterocycles. The van der Waals surface area contributed by atoms with Gasteiger partial charge in [0.05, 0.1) is 0 Å². The van der Waals surface area contributed by atoms with Gasteiger partial charge in [-0.1, -0.05) is 6.08 Å². The van der Waals surface area contributed by atoms with Crippen LogP contribution in [0.3, 0.4) is 0 Å². The number of piperazine rings is 1. The number of hydrogen-bond donors (Lipinski definition) is 2. The third kappa shape index (κ3) is 6.43. The third-order valence-corrected chi connectivity index (χ3v) is 9.07. The fraction of sp³-hybridized carbons (Fsp3) is 0.516. The summed E-state index contributed by atoms with van der Waals surface area (Å²) in [6.45, 7) is 12.4. The highest BCUT2D eigenvalue weighted by Gasteiger charge is 2.30. The Morgan fingerprint density at radius 2 is 1.93 bits per heavy atom. The molecule has 3 amide bonds. The summed E-state index contributed by atoms with van der Waals surface area (Å²) >= 11 is 1.80. The Labute approximate surface area is 245 Å². The van der Waals surface area contributed by atoms with Crippen molar-refractivity contribution in [3.63, 3.8) is 0 Å².